The summed E-state index contributed by atoms with van der Waals surface area (Å²) in [5.74, 6) is 0.508. The summed E-state index contributed by atoms with van der Waals surface area (Å²) >= 11 is 0. The van der Waals surface area contributed by atoms with Crippen molar-refractivity contribution in [2.24, 2.45) is 5.92 Å². The van der Waals surface area contributed by atoms with E-state index < -0.39 is 15.6 Å². The Bertz CT molecular complexity index is 322. The Morgan fingerprint density at radius 2 is 1.94 bits per heavy atom. The van der Waals surface area contributed by atoms with E-state index in [1.54, 1.807) is 7.11 Å². The highest BCUT2D eigenvalue weighted by Crippen LogP contribution is 2.14. The first kappa shape index (κ1) is 14.9. The van der Waals surface area contributed by atoms with E-state index in [0.29, 0.717) is 6.54 Å². The van der Waals surface area contributed by atoms with Gasteiger partial charge in [-0.05, 0) is 45.7 Å². The van der Waals surface area contributed by atoms with Crippen molar-refractivity contribution in [2.45, 2.75) is 32.3 Å². The fourth-order valence-electron chi connectivity index (χ4n) is 1.77. The maximum Gasteiger partial charge on any atom is 0.211 e. The average Bonchev–Trinajstić information content (AvgIpc) is 2.28. The number of nitrogens with one attached hydrogen (secondary N) is 2. The Morgan fingerprint density at radius 3 is 2.47 bits per heavy atom. The van der Waals surface area contributed by atoms with Crippen LogP contribution in [-0.2, 0) is 14.8 Å². The number of sulfonamides is 1. The van der Waals surface area contributed by atoms with E-state index in [1.165, 1.54) is 0 Å². The third kappa shape index (κ3) is 5.81. The van der Waals surface area contributed by atoms with Gasteiger partial charge in [-0.1, -0.05) is 0 Å². The van der Waals surface area contributed by atoms with E-state index in [2.05, 4.69) is 10.0 Å². The Hall–Kier alpha value is -0.170. The Morgan fingerprint density at radius 1 is 1.35 bits per heavy atom. The van der Waals surface area contributed by atoms with Crippen LogP contribution in [0, 0.1) is 5.92 Å². The van der Waals surface area contributed by atoms with Gasteiger partial charge >= 0.3 is 0 Å². The minimum absolute atomic E-state index is 0.231. The van der Waals surface area contributed by atoms with Gasteiger partial charge in [-0.15, -0.1) is 0 Å². The molecule has 0 aliphatic carbocycles. The molecule has 1 aliphatic rings. The molecule has 2 N–H and O–H groups in total. The van der Waals surface area contributed by atoms with Crippen LogP contribution in [0.25, 0.3) is 0 Å². The van der Waals surface area contributed by atoms with Crippen molar-refractivity contribution in [2.75, 3.05) is 32.5 Å². The Kier molecular flexibility index (Phi) is 5.37. The molecule has 1 heterocycles. The lowest BCUT2D eigenvalue weighted by Crippen LogP contribution is -2.42. The lowest BCUT2D eigenvalue weighted by molar-refractivity contribution is 0.0276. The van der Waals surface area contributed by atoms with Crippen molar-refractivity contribution in [3.05, 3.63) is 0 Å². The van der Waals surface area contributed by atoms with Gasteiger partial charge in [-0.2, -0.15) is 0 Å². The van der Waals surface area contributed by atoms with Crippen molar-refractivity contribution in [3.63, 3.8) is 0 Å². The van der Waals surface area contributed by atoms with E-state index >= 15 is 0 Å². The second kappa shape index (κ2) is 6.13. The molecule has 0 amide bonds. The lowest BCUT2D eigenvalue weighted by atomic mass is 10.0. The fourth-order valence-corrected chi connectivity index (χ4v) is 3.41. The summed E-state index contributed by atoms with van der Waals surface area (Å²) in [6.45, 7) is 5.88. The zero-order valence-electron chi connectivity index (χ0n) is 11.0. The predicted molar refractivity (Wildman–Crippen MR) is 68.5 cm³/mol. The van der Waals surface area contributed by atoms with Crippen LogP contribution >= 0.6 is 0 Å². The highest BCUT2D eigenvalue weighted by molar-refractivity contribution is 7.89. The molecule has 6 heteroatoms. The van der Waals surface area contributed by atoms with Crippen molar-refractivity contribution < 1.29 is 13.2 Å². The summed E-state index contributed by atoms with van der Waals surface area (Å²) in [5, 5.41) is 3.23. The van der Waals surface area contributed by atoms with Gasteiger partial charge in [0.15, 0.2) is 0 Å². The van der Waals surface area contributed by atoms with Crippen LogP contribution in [0.1, 0.15) is 26.7 Å². The van der Waals surface area contributed by atoms with Crippen molar-refractivity contribution in [1.82, 2.24) is 10.0 Å². The van der Waals surface area contributed by atoms with Gasteiger partial charge < -0.3 is 10.1 Å². The first-order chi connectivity index (χ1) is 7.85. The summed E-state index contributed by atoms with van der Waals surface area (Å²) in [6, 6.07) is 0. The molecule has 0 aromatic heterocycles. The van der Waals surface area contributed by atoms with Gasteiger partial charge in [0.05, 0.1) is 11.4 Å². The van der Waals surface area contributed by atoms with Crippen LogP contribution < -0.4 is 10.0 Å². The first-order valence-corrected chi connectivity index (χ1v) is 7.73. The summed E-state index contributed by atoms with van der Waals surface area (Å²) in [7, 11) is -1.60. The average molecular weight is 264 g/mol. The van der Waals surface area contributed by atoms with Crippen molar-refractivity contribution in [3.8, 4) is 0 Å². The molecule has 0 spiro atoms. The Balaban J connectivity index is 2.40. The van der Waals surface area contributed by atoms with E-state index in [0.717, 1.165) is 25.9 Å². The molecule has 0 unspecified atom stereocenters. The quantitative estimate of drug-likeness (QED) is 0.725. The second-order valence-electron chi connectivity index (χ2n) is 5.26. The zero-order chi connectivity index (χ0) is 12.9. The zero-order valence-corrected chi connectivity index (χ0v) is 11.8. The van der Waals surface area contributed by atoms with E-state index in [-0.39, 0.29) is 11.7 Å². The molecule has 17 heavy (non-hydrogen) atoms. The molecule has 0 aromatic rings. The van der Waals surface area contributed by atoms with Crippen LogP contribution in [0.3, 0.4) is 0 Å². The van der Waals surface area contributed by atoms with Gasteiger partial charge in [0.25, 0.3) is 0 Å². The monoisotopic (exact) mass is 264 g/mol. The molecule has 102 valence electrons. The third-order valence-corrected chi connectivity index (χ3v) is 4.68. The van der Waals surface area contributed by atoms with Crippen LogP contribution in [0.4, 0.5) is 0 Å². The maximum atomic E-state index is 11.9. The minimum atomic E-state index is -3.18. The number of piperidine rings is 1. The van der Waals surface area contributed by atoms with Crippen molar-refractivity contribution >= 4 is 10.0 Å². The van der Waals surface area contributed by atoms with E-state index in [4.69, 9.17) is 4.74 Å². The van der Waals surface area contributed by atoms with Crippen LogP contribution in [0.15, 0.2) is 0 Å². The predicted octanol–water partition coefficient (Wildman–Crippen LogP) is 0.330. The summed E-state index contributed by atoms with van der Waals surface area (Å²) in [5.41, 5.74) is -0.457. The van der Waals surface area contributed by atoms with Crippen LogP contribution in [-0.4, -0.2) is 46.5 Å². The second-order valence-corrected chi connectivity index (χ2v) is 7.11. The SMILES string of the molecule is COC(C)(C)CNS(=O)(=O)CC1CCNCC1. The standard InChI is InChI=1S/C11H24N2O3S/c1-11(2,16-3)9-13-17(14,15)8-10-4-6-12-7-5-10/h10,12-13H,4-9H2,1-3H3. The van der Waals surface area contributed by atoms with Gasteiger partial charge in [0.1, 0.15) is 0 Å². The molecule has 0 aromatic carbocycles. The Labute approximate surface area is 104 Å². The maximum absolute atomic E-state index is 11.9. The largest absolute Gasteiger partial charge is 0.377 e. The van der Waals surface area contributed by atoms with Crippen molar-refractivity contribution in [1.29, 1.82) is 0 Å². The molecule has 1 aliphatic heterocycles. The number of hydrogen-bond donors (Lipinski definition) is 2. The smallest absolute Gasteiger partial charge is 0.211 e. The van der Waals surface area contributed by atoms with Gasteiger partial charge in [0.2, 0.25) is 10.0 Å². The third-order valence-electron chi connectivity index (χ3n) is 3.18. The van der Waals surface area contributed by atoms with Crippen LogP contribution in [0.5, 0.6) is 0 Å². The molecular formula is C11H24N2O3S. The summed E-state index contributed by atoms with van der Waals surface area (Å²) in [4.78, 5) is 0. The highest BCUT2D eigenvalue weighted by Gasteiger charge is 2.24. The van der Waals surface area contributed by atoms with Gasteiger partial charge in [-0.25, -0.2) is 13.1 Å². The number of rotatable bonds is 6. The van der Waals surface area contributed by atoms with Crippen LogP contribution in [0.2, 0.25) is 0 Å². The molecule has 5 nitrogen and oxygen atoms in total. The molecule has 1 rings (SSSR count). The number of hydrogen-bond acceptors (Lipinski definition) is 4. The van der Waals surface area contributed by atoms with E-state index in [9.17, 15) is 8.42 Å². The molecule has 0 saturated carbocycles. The molecule has 0 atom stereocenters. The summed E-state index contributed by atoms with van der Waals surface area (Å²) < 4.78 is 31.6. The fraction of sp³-hybridized carbons (Fsp3) is 1.00. The minimum Gasteiger partial charge on any atom is -0.377 e. The molecule has 0 bridgehead atoms. The lowest BCUT2D eigenvalue weighted by Gasteiger charge is -2.25. The molecule has 1 fully saturated rings. The highest BCUT2D eigenvalue weighted by atomic mass is 32.2. The summed E-state index contributed by atoms with van der Waals surface area (Å²) in [6.07, 6.45) is 1.88. The first-order valence-electron chi connectivity index (χ1n) is 6.08. The van der Waals surface area contributed by atoms with E-state index in [1.807, 2.05) is 13.8 Å². The molecular weight excluding hydrogens is 240 g/mol. The van der Waals surface area contributed by atoms with Gasteiger partial charge in [0, 0.05) is 13.7 Å². The number of ether oxygens (including phenoxy) is 1. The normalized spacial score (nSPS) is 19.5. The van der Waals surface area contributed by atoms with Gasteiger partial charge in [-0.3, -0.25) is 0 Å². The number of methoxy groups -OCH3 is 1. The molecule has 0 radical (unpaired) electrons. The topological polar surface area (TPSA) is 67.4 Å². The molecule has 1 saturated heterocycles.